The van der Waals surface area contributed by atoms with E-state index >= 15 is 0 Å². The zero-order valence-corrected chi connectivity index (χ0v) is 14.1. The van der Waals surface area contributed by atoms with Gasteiger partial charge in [-0.2, -0.15) is 0 Å². The van der Waals surface area contributed by atoms with Gasteiger partial charge in [-0.1, -0.05) is 22.0 Å². The van der Waals surface area contributed by atoms with Crippen LogP contribution in [0.2, 0.25) is 0 Å². The Bertz CT molecular complexity index is 695. The van der Waals surface area contributed by atoms with E-state index in [0.717, 1.165) is 0 Å². The first-order valence-electron chi connectivity index (χ1n) is 6.04. The summed E-state index contributed by atoms with van der Waals surface area (Å²) in [6.07, 6.45) is 0. The van der Waals surface area contributed by atoms with Crippen molar-refractivity contribution in [2.75, 3.05) is 5.32 Å². The molecule has 0 saturated carbocycles. The zero-order chi connectivity index (χ0) is 15.6. The van der Waals surface area contributed by atoms with Gasteiger partial charge < -0.3 is 5.32 Å². The second kappa shape index (κ2) is 6.53. The highest BCUT2D eigenvalue weighted by molar-refractivity contribution is 9.10. The third-order valence-corrected chi connectivity index (χ3v) is 4.15. The number of nitrogens with one attached hydrogen (secondary N) is 1. The van der Waals surface area contributed by atoms with Gasteiger partial charge in [0.15, 0.2) is 0 Å². The maximum absolute atomic E-state index is 13.9. The number of nitro groups is 1. The summed E-state index contributed by atoms with van der Waals surface area (Å²) >= 11 is 6.53. The number of nitrogens with zero attached hydrogens (tertiary/aromatic N) is 1. The fraction of sp³-hybridized carbons (Fsp3) is 0.143. The maximum Gasteiger partial charge on any atom is 0.271 e. The lowest BCUT2D eigenvalue weighted by atomic mass is 10.1. The molecule has 0 heterocycles. The molecular formula is C14H11Br2FN2O2. The van der Waals surface area contributed by atoms with Crippen LogP contribution >= 0.6 is 31.9 Å². The van der Waals surface area contributed by atoms with Gasteiger partial charge in [0.05, 0.1) is 16.7 Å². The molecular weight excluding hydrogens is 407 g/mol. The molecule has 0 bridgehead atoms. The van der Waals surface area contributed by atoms with Crippen LogP contribution in [0.3, 0.4) is 0 Å². The molecule has 0 fully saturated rings. The van der Waals surface area contributed by atoms with E-state index in [-0.39, 0.29) is 17.5 Å². The molecule has 1 atom stereocenters. The predicted molar refractivity (Wildman–Crippen MR) is 86.9 cm³/mol. The number of anilines is 1. The largest absolute Gasteiger partial charge is 0.377 e. The van der Waals surface area contributed by atoms with Crippen molar-refractivity contribution < 1.29 is 9.31 Å². The van der Waals surface area contributed by atoms with Gasteiger partial charge in [0.2, 0.25) is 0 Å². The number of non-ortho nitro benzene ring substituents is 1. The Morgan fingerprint density at radius 3 is 2.57 bits per heavy atom. The first kappa shape index (κ1) is 15.9. The molecule has 7 heteroatoms. The van der Waals surface area contributed by atoms with Crippen molar-refractivity contribution in [3.8, 4) is 0 Å². The minimum Gasteiger partial charge on any atom is -0.377 e. The van der Waals surface area contributed by atoms with Crippen LogP contribution in [0.5, 0.6) is 0 Å². The van der Waals surface area contributed by atoms with E-state index in [1.54, 1.807) is 25.1 Å². The highest BCUT2D eigenvalue weighted by Gasteiger charge is 2.15. The highest BCUT2D eigenvalue weighted by atomic mass is 79.9. The summed E-state index contributed by atoms with van der Waals surface area (Å²) in [4.78, 5) is 10.3. The van der Waals surface area contributed by atoms with Crippen LogP contribution in [0.15, 0.2) is 45.3 Å². The molecule has 0 aliphatic heterocycles. The molecule has 0 aliphatic rings. The topological polar surface area (TPSA) is 55.2 Å². The van der Waals surface area contributed by atoms with E-state index in [1.807, 2.05) is 0 Å². The monoisotopic (exact) mass is 416 g/mol. The van der Waals surface area contributed by atoms with Gasteiger partial charge in [0, 0.05) is 26.6 Å². The lowest BCUT2D eigenvalue weighted by molar-refractivity contribution is -0.384. The predicted octanol–water partition coefficient (Wildman–Crippen LogP) is 5.43. The SMILES string of the molecule is CC(Nc1cc([N+](=O)[O-])ccc1Br)c1ccc(Br)cc1F. The van der Waals surface area contributed by atoms with Crippen molar-refractivity contribution >= 4 is 43.2 Å². The number of benzene rings is 2. The third kappa shape index (κ3) is 3.79. The Hall–Kier alpha value is -1.47. The zero-order valence-electron chi connectivity index (χ0n) is 10.9. The summed E-state index contributed by atoms with van der Waals surface area (Å²) in [5, 5.41) is 13.9. The summed E-state index contributed by atoms with van der Waals surface area (Å²) < 4.78 is 15.3. The van der Waals surface area contributed by atoms with E-state index in [9.17, 15) is 14.5 Å². The molecule has 21 heavy (non-hydrogen) atoms. The molecule has 0 aromatic heterocycles. The first-order valence-corrected chi connectivity index (χ1v) is 7.62. The number of rotatable bonds is 4. The second-order valence-electron chi connectivity index (χ2n) is 4.45. The first-order chi connectivity index (χ1) is 9.88. The van der Waals surface area contributed by atoms with Gasteiger partial charge >= 0.3 is 0 Å². The minimum absolute atomic E-state index is 0.0239. The van der Waals surface area contributed by atoms with Crippen LogP contribution in [-0.2, 0) is 0 Å². The summed E-state index contributed by atoms with van der Waals surface area (Å²) in [5.74, 6) is -0.342. The van der Waals surface area contributed by atoms with Crippen molar-refractivity contribution in [3.05, 3.63) is 66.8 Å². The summed E-state index contributed by atoms with van der Waals surface area (Å²) in [6, 6.07) is 8.87. The number of nitro benzene ring substituents is 1. The van der Waals surface area contributed by atoms with E-state index in [4.69, 9.17) is 0 Å². The van der Waals surface area contributed by atoms with Crippen LogP contribution < -0.4 is 5.32 Å². The second-order valence-corrected chi connectivity index (χ2v) is 6.22. The highest BCUT2D eigenvalue weighted by Crippen LogP contribution is 2.31. The number of halogens is 3. The van der Waals surface area contributed by atoms with Crippen LogP contribution in [0.4, 0.5) is 15.8 Å². The summed E-state index contributed by atoms with van der Waals surface area (Å²) in [5.41, 5.74) is 1.000. The van der Waals surface area contributed by atoms with Gasteiger partial charge in [-0.05, 0) is 41.1 Å². The molecule has 0 amide bonds. The third-order valence-electron chi connectivity index (χ3n) is 2.96. The molecule has 110 valence electrons. The fourth-order valence-corrected chi connectivity index (χ4v) is 2.60. The Kier molecular flexibility index (Phi) is 4.95. The number of hydrogen-bond acceptors (Lipinski definition) is 3. The molecule has 1 unspecified atom stereocenters. The summed E-state index contributed by atoms with van der Waals surface area (Å²) in [7, 11) is 0. The molecule has 0 aliphatic carbocycles. The quantitative estimate of drug-likeness (QED) is 0.532. The van der Waals surface area contributed by atoms with E-state index in [0.29, 0.717) is 20.2 Å². The van der Waals surface area contributed by atoms with Gasteiger partial charge in [-0.15, -0.1) is 0 Å². The average molecular weight is 418 g/mol. The van der Waals surface area contributed by atoms with Crippen LogP contribution in [0.25, 0.3) is 0 Å². The Balaban J connectivity index is 2.28. The Morgan fingerprint density at radius 1 is 1.24 bits per heavy atom. The van der Waals surface area contributed by atoms with Crippen molar-refractivity contribution in [2.45, 2.75) is 13.0 Å². The van der Waals surface area contributed by atoms with Gasteiger partial charge in [0.25, 0.3) is 5.69 Å². The molecule has 2 aromatic rings. The lowest BCUT2D eigenvalue weighted by Gasteiger charge is -2.17. The molecule has 1 N–H and O–H groups in total. The van der Waals surface area contributed by atoms with E-state index in [1.165, 1.54) is 18.2 Å². The van der Waals surface area contributed by atoms with E-state index in [2.05, 4.69) is 37.2 Å². The Morgan fingerprint density at radius 2 is 1.95 bits per heavy atom. The molecule has 0 saturated heterocycles. The van der Waals surface area contributed by atoms with Crippen molar-refractivity contribution in [1.29, 1.82) is 0 Å². The standard InChI is InChI=1S/C14H11Br2FN2O2/c1-8(11-4-2-9(15)6-13(11)17)18-14-7-10(19(20)21)3-5-12(14)16/h2-8,18H,1H3. The molecule has 2 aromatic carbocycles. The van der Waals surface area contributed by atoms with E-state index < -0.39 is 4.92 Å². The van der Waals surface area contributed by atoms with Gasteiger partial charge in [-0.3, -0.25) is 10.1 Å². The molecule has 4 nitrogen and oxygen atoms in total. The van der Waals surface area contributed by atoms with Gasteiger partial charge in [0.1, 0.15) is 5.82 Å². The lowest BCUT2D eigenvalue weighted by Crippen LogP contribution is -2.09. The van der Waals surface area contributed by atoms with Crippen LogP contribution in [0, 0.1) is 15.9 Å². The van der Waals surface area contributed by atoms with Crippen molar-refractivity contribution in [1.82, 2.24) is 0 Å². The maximum atomic E-state index is 13.9. The minimum atomic E-state index is -0.470. The van der Waals surface area contributed by atoms with Crippen molar-refractivity contribution in [3.63, 3.8) is 0 Å². The van der Waals surface area contributed by atoms with Crippen molar-refractivity contribution in [2.24, 2.45) is 0 Å². The smallest absolute Gasteiger partial charge is 0.271 e. The molecule has 0 spiro atoms. The van der Waals surface area contributed by atoms with Crippen LogP contribution in [-0.4, -0.2) is 4.92 Å². The van der Waals surface area contributed by atoms with Crippen LogP contribution in [0.1, 0.15) is 18.5 Å². The summed E-state index contributed by atoms with van der Waals surface area (Å²) in [6.45, 7) is 1.79. The van der Waals surface area contributed by atoms with Gasteiger partial charge in [-0.25, -0.2) is 4.39 Å². The molecule has 2 rings (SSSR count). The fourth-order valence-electron chi connectivity index (χ4n) is 1.90. The average Bonchev–Trinajstić information content (AvgIpc) is 2.40. The Labute approximate surface area is 137 Å². The normalized spacial score (nSPS) is 12.0. The molecule has 0 radical (unpaired) electrons. The number of hydrogen-bond donors (Lipinski definition) is 1.